The van der Waals surface area contributed by atoms with Crippen LogP contribution in [0.2, 0.25) is 0 Å². The van der Waals surface area contributed by atoms with E-state index in [0.717, 1.165) is 12.5 Å². The summed E-state index contributed by atoms with van der Waals surface area (Å²) in [6, 6.07) is 8.11. The van der Waals surface area contributed by atoms with Gasteiger partial charge in [-0.1, -0.05) is 22.9 Å². The first-order chi connectivity index (χ1) is 9.26. The van der Waals surface area contributed by atoms with Gasteiger partial charge in [-0.05, 0) is 62.4 Å². The molecule has 1 N–H and O–H groups in total. The molecule has 2 unspecified atom stereocenters. The van der Waals surface area contributed by atoms with Crippen LogP contribution in [0.4, 0.5) is 5.69 Å². The third kappa shape index (κ3) is 2.97. The van der Waals surface area contributed by atoms with Gasteiger partial charge in [0.15, 0.2) is 0 Å². The molecule has 0 radical (unpaired) electrons. The van der Waals surface area contributed by atoms with Crippen molar-refractivity contribution in [1.82, 2.24) is 4.90 Å². The predicted octanol–water partition coefficient (Wildman–Crippen LogP) is 4.05. The molecule has 2 aliphatic heterocycles. The second-order valence-electron chi connectivity index (χ2n) is 5.85. The van der Waals surface area contributed by atoms with Gasteiger partial charge in [-0.2, -0.15) is 0 Å². The number of anilines is 1. The molecule has 0 amide bonds. The van der Waals surface area contributed by atoms with Gasteiger partial charge in [0.25, 0.3) is 0 Å². The summed E-state index contributed by atoms with van der Waals surface area (Å²) in [4.78, 5) is 2.68. The molecule has 3 heteroatoms. The van der Waals surface area contributed by atoms with Crippen molar-refractivity contribution >= 4 is 21.6 Å². The van der Waals surface area contributed by atoms with Gasteiger partial charge < -0.3 is 10.2 Å². The summed E-state index contributed by atoms with van der Waals surface area (Å²) in [5.41, 5.74) is 2.75. The minimum Gasteiger partial charge on any atom is -0.382 e. The van der Waals surface area contributed by atoms with Crippen molar-refractivity contribution < 1.29 is 0 Å². The highest BCUT2D eigenvalue weighted by molar-refractivity contribution is 9.10. The molecule has 0 aliphatic carbocycles. The van der Waals surface area contributed by atoms with Crippen molar-refractivity contribution in [3.8, 4) is 0 Å². The van der Waals surface area contributed by atoms with E-state index < -0.39 is 0 Å². The maximum Gasteiger partial charge on any atom is 0.0375 e. The number of nitrogens with one attached hydrogen (secondary N) is 1. The minimum atomic E-state index is 0.658. The molecule has 2 aliphatic rings. The largest absolute Gasteiger partial charge is 0.382 e. The van der Waals surface area contributed by atoms with Crippen molar-refractivity contribution in [3.63, 3.8) is 0 Å². The lowest BCUT2D eigenvalue weighted by molar-refractivity contribution is 0.188. The summed E-state index contributed by atoms with van der Waals surface area (Å²) >= 11 is 3.56. The second kappa shape index (κ2) is 5.84. The molecule has 2 nitrogen and oxygen atoms in total. The number of piperidine rings is 1. The van der Waals surface area contributed by atoms with Crippen LogP contribution < -0.4 is 5.32 Å². The van der Waals surface area contributed by atoms with Crippen LogP contribution in [0.1, 0.15) is 38.2 Å². The molecule has 0 saturated carbocycles. The van der Waals surface area contributed by atoms with Crippen molar-refractivity contribution in [1.29, 1.82) is 0 Å². The van der Waals surface area contributed by atoms with Crippen LogP contribution in [0.5, 0.6) is 0 Å². The maximum atomic E-state index is 3.79. The highest BCUT2D eigenvalue weighted by Gasteiger charge is 2.31. The normalized spacial score (nSPS) is 27.3. The molecule has 19 heavy (non-hydrogen) atoms. The molecule has 1 aromatic rings. The van der Waals surface area contributed by atoms with E-state index in [9.17, 15) is 0 Å². The first-order valence-corrected chi connectivity index (χ1v) is 8.34. The third-order valence-corrected chi connectivity index (χ3v) is 5.12. The third-order valence-electron chi connectivity index (χ3n) is 4.63. The summed E-state index contributed by atoms with van der Waals surface area (Å²) < 4.78 is 1.18. The number of benzene rings is 1. The van der Waals surface area contributed by atoms with E-state index in [1.54, 1.807) is 0 Å². The van der Waals surface area contributed by atoms with Crippen LogP contribution in [0, 0.1) is 0 Å². The Bertz CT molecular complexity index is 446. The van der Waals surface area contributed by atoms with Gasteiger partial charge in [0.2, 0.25) is 0 Å². The Morgan fingerprint density at radius 2 is 2.21 bits per heavy atom. The Kier molecular flexibility index (Phi) is 4.13. The smallest absolute Gasteiger partial charge is 0.0375 e. The maximum absolute atomic E-state index is 3.79. The molecule has 0 bridgehead atoms. The molecule has 0 aromatic heterocycles. The summed E-state index contributed by atoms with van der Waals surface area (Å²) in [5.74, 6) is 0. The van der Waals surface area contributed by atoms with Gasteiger partial charge in [-0.3, -0.25) is 0 Å². The number of fused-ring (bicyclic) bond motifs is 1. The number of hydrogen-bond donors (Lipinski definition) is 1. The van der Waals surface area contributed by atoms with Crippen LogP contribution in [-0.4, -0.2) is 30.1 Å². The monoisotopic (exact) mass is 322 g/mol. The number of halogens is 1. The fourth-order valence-corrected chi connectivity index (χ4v) is 3.98. The van der Waals surface area contributed by atoms with Crippen molar-refractivity contribution in [2.75, 3.05) is 18.4 Å². The van der Waals surface area contributed by atoms with Crippen LogP contribution in [0.3, 0.4) is 0 Å². The van der Waals surface area contributed by atoms with E-state index in [0.29, 0.717) is 6.04 Å². The summed E-state index contributed by atoms with van der Waals surface area (Å²) in [6.07, 6.45) is 6.49. The van der Waals surface area contributed by atoms with E-state index >= 15 is 0 Å². The first kappa shape index (κ1) is 13.4. The molecule has 3 rings (SSSR count). The minimum absolute atomic E-state index is 0.658. The molecule has 1 aromatic carbocycles. The number of hydrogen-bond acceptors (Lipinski definition) is 2. The second-order valence-corrected chi connectivity index (χ2v) is 6.77. The van der Waals surface area contributed by atoms with Crippen molar-refractivity contribution in [3.05, 3.63) is 28.2 Å². The Balaban J connectivity index is 1.68. The van der Waals surface area contributed by atoms with Crippen molar-refractivity contribution in [2.45, 2.75) is 51.1 Å². The lowest BCUT2D eigenvalue weighted by Gasteiger charge is -2.36. The first-order valence-electron chi connectivity index (χ1n) is 7.55. The van der Waals surface area contributed by atoms with E-state index in [4.69, 9.17) is 0 Å². The molecular formula is C16H23BrN2. The molecule has 2 saturated heterocycles. The van der Waals surface area contributed by atoms with E-state index in [-0.39, 0.29) is 0 Å². The van der Waals surface area contributed by atoms with Crippen LogP contribution >= 0.6 is 15.9 Å². The Hall–Kier alpha value is -0.540. The molecule has 2 atom stereocenters. The fourth-order valence-electron chi connectivity index (χ4n) is 3.57. The number of nitrogens with zero attached hydrogens (tertiary/aromatic N) is 1. The average Bonchev–Trinajstić information content (AvgIpc) is 2.88. The molecule has 2 heterocycles. The predicted molar refractivity (Wildman–Crippen MR) is 84.8 cm³/mol. The van der Waals surface area contributed by atoms with Gasteiger partial charge in [-0.15, -0.1) is 0 Å². The Morgan fingerprint density at radius 3 is 3.05 bits per heavy atom. The average molecular weight is 323 g/mol. The summed E-state index contributed by atoms with van der Waals surface area (Å²) in [7, 11) is 0. The zero-order chi connectivity index (χ0) is 13.2. The lowest BCUT2D eigenvalue weighted by atomic mass is 9.97. The molecular weight excluding hydrogens is 300 g/mol. The number of rotatable bonds is 3. The van der Waals surface area contributed by atoms with E-state index in [1.807, 2.05) is 0 Å². The molecule has 2 fully saturated rings. The zero-order valence-corrected chi connectivity index (χ0v) is 13.2. The van der Waals surface area contributed by atoms with Gasteiger partial charge >= 0.3 is 0 Å². The van der Waals surface area contributed by atoms with Gasteiger partial charge in [0.05, 0.1) is 0 Å². The summed E-state index contributed by atoms with van der Waals surface area (Å²) in [5, 5.41) is 3.79. The van der Waals surface area contributed by atoms with Crippen LogP contribution in [0.15, 0.2) is 22.7 Å². The number of aryl methyl sites for hydroxylation is 1. The molecule has 0 spiro atoms. The van der Waals surface area contributed by atoms with Gasteiger partial charge in [-0.25, -0.2) is 0 Å². The standard InChI is InChI=1S/C16H23BrN2/c1-2-12-10-13(17)5-6-16(12)18-14-7-9-19-8-3-4-15(19)11-14/h5-6,10,14-15,18H,2-4,7-9,11H2,1H3. The van der Waals surface area contributed by atoms with Crippen LogP contribution in [-0.2, 0) is 6.42 Å². The van der Waals surface area contributed by atoms with Gasteiger partial charge in [0, 0.05) is 28.8 Å². The fraction of sp³-hybridized carbons (Fsp3) is 0.625. The molecule has 104 valence electrons. The lowest BCUT2D eigenvalue weighted by Crippen LogP contribution is -2.42. The summed E-state index contributed by atoms with van der Waals surface area (Å²) in [6.45, 7) is 4.84. The Labute approximate surface area is 124 Å². The zero-order valence-electron chi connectivity index (χ0n) is 11.7. The SMILES string of the molecule is CCc1cc(Br)ccc1NC1CCN2CCCC2C1. The Morgan fingerprint density at radius 1 is 1.32 bits per heavy atom. The quantitative estimate of drug-likeness (QED) is 0.903. The highest BCUT2D eigenvalue weighted by atomic mass is 79.9. The van der Waals surface area contributed by atoms with Crippen molar-refractivity contribution in [2.24, 2.45) is 0 Å². The van der Waals surface area contributed by atoms with Gasteiger partial charge in [0.1, 0.15) is 0 Å². The van der Waals surface area contributed by atoms with Crippen LogP contribution in [0.25, 0.3) is 0 Å². The van der Waals surface area contributed by atoms with E-state index in [2.05, 4.69) is 51.3 Å². The topological polar surface area (TPSA) is 15.3 Å². The highest BCUT2D eigenvalue weighted by Crippen LogP contribution is 2.30. The van der Waals surface area contributed by atoms with E-state index in [1.165, 1.54) is 54.5 Å².